The van der Waals surface area contributed by atoms with Gasteiger partial charge in [-0.05, 0) is 37.0 Å². The SMILES string of the molecule is CCCc1ccc(S(=O)(=O)N2CCN(C3(CC)CCN(C(=O)NC)C3)CC2)cc1. The van der Waals surface area contributed by atoms with Gasteiger partial charge in [0.25, 0.3) is 0 Å². The highest BCUT2D eigenvalue weighted by molar-refractivity contribution is 7.89. The van der Waals surface area contributed by atoms with E-state index in [1.54, 1.807) is 23.5 Å². The van der Waals surface area contributed by atoms with Gasteiger partial charge in [-0.2, -0.15) is 4.31 Å². The molecule has 0 spiro atoms. The fraction of sp³-hybridized carbons (Fsp3) is 0.667. The van der Waals surface area contributed by atoms with Gasteiger partial charge in [0, 0.05) is 51.9 Å². The summed E-state index contributed by atoms with van der Waals surface area (Å²) in [7, 11) is -1.80. The lowest BCUT2D eigenvalue weighted by Gasteiger charge is -2.45. The third-order valence-corrected chi connectivity index (χ3v) is 8.41. The van der Waals surface area contributed by atoms with Crippen LogP contribution in [0.25, 0.3) is 0 Å². The summed E-state index contributed by atoms with van der Waals surface area (Å²) in [6.07, 6.45) is 3.89. The van der Waals surface area contributed by atoms with Crippen LogP contribution in [-0.2, 0) is 16.4 Å². The van der Waals surface area contributed by atoms with Crippen LogP contribution >= 0.6 is 0 Å². The van der Waals surface area contributed by atoms with Gasteiger partial charge in [-0.25, -0.2) is 13.2 Å². The highest BCUT2D eigenvalue weighted by atomic mass is 32.2. The predicted molar refractivity (Wildman–Crippen MR) is 114 cm³/mol. The number of piperazine rings is 1. The molecule has 29 heavy (non-hydrogen) atoms. The molecule has 1 aromatic carbocycles. The lowest BCUT2D eigenvalue weighted by atomic mass is 9.92. The van der Waals surface area contributed by atoms with Crippen molar-refractivity contribution in [3.05, 3.63) is 29.8 Å². The van der Waals surface area contributed by atoms with Crippen molar-refractivity contribution in [1.29, 1.82) is 0 Å². The molecule has 3 rings (SSSR count). The molecule has 2 aliphatic rings. The minimum Gasteiger partial charge on any atom is -0.341 e. The molecule has 2 aliphatic heterocycles. The second kappa shape index (κ2) is 9.02. The van der Waals surface area contributed by atoms with Crippen molar-refractivity contribution < 1.29 is 13.2 Å². The first-order chi connectivity index (χ1) is 13.9. The predicted octanol–water partition coefficient (Wildman–Crippen LogP) is 2.14. The van der Waals surface area contributed by atoms with Crippen LogP contribution in [0.15, 0.2) is 29.2 Å². The van der Waals surface area contributed by atoms with E-state index in [0.29, 0.717) is 37.6 Å². The van der Waals surface area contributed by atoms with Crippen molar-refractivity contribution in [3.63, 3.8) is 0 Å². The van der Waals surface area contributed by atoms with Crippen molar-refractivity contribution in [3.8, 4) is 0 Å². The number of aryl methyl sites for hydroxylation is 1. The van der Waals surface area contributed by atoms with E-state index in [0.717, 1.165) is 32.2 Å². The van der Waals surface area contributed by atoms with Gasteiger partial charge in [0.05, 0.1) is 4.90 Å². The Morgan fingerprint density at radius 2 is 1.72 bits per heavy atom. The number of urea groups is 1. The summed E-state index contributed by atoms with van der Waals surface area (Å²) in [6, 6.07) is 7.28. The number of nitrogens with one attached hydrogen (secondary N) is 1. The molecular formula is C21H34N4O3S. The minimum atomic E-state index is -3.46. The van der Waals surface area contributed by atoms with E-state index in [2.05, 4.69) is 24.1 Å². The molecule has 1 N–H and O–H groups in total. The van der Waals surface area contributed by atoms with Gasteiger partial charge in [-0.15, -0.1) is 0 Å². The fourth-order valence-corrected chi connectivity index (χ4v) is 6.05. The molecule has 0 aliphatic carbocycles. The third-order valence-electron chi connectivity index (χ3n) is 6.50. The smallest absolute Gasteiger partial charge is 0.317 e. The molecule has 8 heteroatoms. The molecule has 0 saturated carbocycles. The Bertz CT molecular complexity index is 804. The lowest BCUT2D eigenvalue weighted by Crippen LogP contribution is -2.59. The summed E-state index contributed by atoms with van der Waals surface area (Å²) < 4.78 is 27.7. The summed E-state index contributed by atoms with van der Waals surface area (Å²) in [6.45, 7) is 8.09. The van der Waals surface area contributed by atoms with Gasteiger partial charge in [-0.1, -0.05) is 32.4 Å². The molecule has 1 aromatic rings. The van der Waals surface area contributed by atoms with E-state index in [1.165, 1.54) is 5.56 Å². The summed E-state index contributed by atoms with van der Waals surface area (Å²) >= 11 is 0. The van der Waals surface area contributed by atoms with Crippen LogP contribution in [0, 0.1) is 0 Å². The number of hydrogen-bond donors (Lipinski definition) is 1. The molecule has 2 amide bonds. The van der Waals surface area contributed by atoms with E-state index in [4.69, 9.17) is 0 Å². The van der Waals surface area contributed by atoms with Crippen molar-refractivity contribution in [1.82, 2.24) is 19.4 Å². The van der Waals surface area contributed by atoms with E-state index in [1.807, 2.05) is 17.0 Å². The fourth-order valence-electron chi connectivity index (χ4n) is 4.63. The van der Waals surface area contributed by atoms with Crippen LogP contribution in [0.2, 0.25) is 0 Å². The number of amides is 2. The van der Waals surface area contributed by atoms with Crippen molar-refractivity contribution in [2.45, 2.75) is 50.0 Å². The number of rotatable bonds is 6. The molecule has 0 radical (unpaired) electrons. The maximum atomic E-state index is 13.1. The maximum absolute atomic E-state index is 13.1. The van der Waals surface area contributed by atoms with Gasteiger partial charge in [-0.3, -0.25) is 4.90 Å². The summed E-state index contributed by atoms with van der Waals surface area (Å²) in [5.41, 5.74) is 1.12. The average molecular weight is 423 g/mol. The summed E-state index contributed by atoms with van der Waals surface area (Å²) in [5.74, 6) is 0. The van der Waals surface area contributed by atoms with E-state index < -0.39 is 10.0 Å². The van der Waals surface area contributed by atoms with E-state index in [-0.39, 0.29) is 11.6 Å². The molecule has 2 fully saturated rings. The zero-order valence-corrected chi connectivity index (χ0v) is 18.7. The number of hydrogen-bond acceptors (Lipinski definition) is 4. The van der Waals surface area contributed by atoms with E-state index >= 15 is 0 Å². The Kier molecular flexibility index (Phi) is 6.86. The number of carbonyl (C=O) groups is 1. The van der Waals surface area contributed by atoms with Crippen LogP contribution in [0.4, 0.5) is 4.79 Å². The second-order valence-corrected chi connectivity index (χ2v) is 10.0. The standard InChI is InChI=1S/C21H34N4O3S/c1-4-6-18-7-9-19(10-8-18)29(27,28)25-15-13-24(14-16-25)21(5-2)11-12-23(17-21)20(26)22-3/h7-10H,4-6,11-17H2,1-3H3,(H,22,26). The van der Waals surface area contributed by atoms with Gasteiger partial charge in [0.1, 0.15) is 0 Å². The van der Waals surface area contributed by atoms with Crippen LogP contribution in [0.1, 0.15) is 38.7 Å². The average Bonchev–Trinajstić information content (AvgIpc) is 3.20. The zero-order chi connectivity index (χ0) is 21.1. The quantitative estimate of drug-likeness (QED) is 0.762. The Balaban J connectivity index is 1.65. The van der Waals surface area contributed by atoms with Gasteiger partial charge in [0.15, 0.2) is 0 Å². The highest BCUT2D eigenvalue weighted by Gasteiger charge is 2.44. The first-order valence-electron chi connectivity index (χ1n) is 10.7. The number of benzene rings is 1. The van der Waals surface area contributed by atoms with Crippen molar-refractivity contribution in [2.75, 3.05) is 46.3 Å². The summed E-state index contributed by atoms with van der Waals surface area (Å²) in [4.78, 5) is 16.7. The van der Waals surface area contributed by atoms with Gasteiger partial charge < -0.3 is 10.2 Å². The van der Waals surface area contributed by atoms with Crippen LogP contribution in [-0.4, -0.2) is 80.4 Å². The maximum Gasteiger partial charge on any atom is 0.317 e. The zero-order valence-electron chi connectivity index (χ0n) is 17.9. The van der Waals surface area contributed by atoms with Crippen LogP contribution in [0.3, 0.4) is 0 Å². The van der Waals surface area contributed by atoms with Crippen LogP contribution < -0.4 is 5.32 Å². The monoisotopic (exact) mass is 422 g/mol. The molecule has 0 aromatic heterocycles. The molecule has 1 atom stereocenters. The van der Waals surface area contributed by atoms with Gasteiger partial charge in [0.2, 0.25) is 10.0 Å². The second-order valence-electron chi connectivity index (χ2n) is 8.09. The first-order valence-corrected chi connectivity index (χ1v) is 12.1. The Hall–Kier alpha value is -1.64. The lowest BCUT2D eigenvalue weighted by molar-refractivity contribution is 0.0574. The largest absolute Gasteiger partial charge is 0.341 e. The normalized spacial score (nSPS) is 24.0. The van der Waals surface area contributed by atoms with Crippen molar-refractivity contribution >= 4 is 16.1 Å². The molecular weight excluding hydrogens is 388 g/mol. The number of carbonyl (C=O) groups excluding carboxylic acids is 1. The minimum absolute atomic E-state index is 0.0342. The highest BCUT2D eigenvalue weighted by Crippen LogP contribution is 2.33. The molecule has 0 bridgehead atoms. The Labute approximate surface area is 175 Å². The molecule has 7 nitrogen and oxygen atoms in total. The first kappa shape index (κ1) is 22.1. The topological polar surface area (TPSA) is 73.0 Å². The van der Waals surface area contributed by atoms with Crippen molar-refractivity contribution in [2.24, 2.45) is 0 Å². The number of likely N-dealkylation sites (tertiary alicyclic amines) is 1. The van der Waals surface area contributed by atoms with E-state index in [9.17, 15) is 13.2 Å². The number of nitrogens with zero attached hydrogens (tertiary/aromatic N) is 3. The third kappa shape index (κ3) is 4.44. The Morgan fingerprint density at radius 3 is 2.28 bits per heavy atom. The molecule has 162 valence electrons. The molecule has 2 saturated heterocycles. The summed E-state index contributed by atoms with van der Waals surface area (Å²) in [5, 5.41) is 2.71. The number of sulfonamides is 1. The molecule has 2 heterocycles. The Morgan fingerprint density at radius 1 is 1.07 bits per heavy atom. The molecule has 1 unspecified atom stereocenters. The van der Waals surface area contributed by atoms with Gasteiger partial charge >= 0.3 is 6.03 Å². The van der Waals surface area contributed by atoms with Crippen LogP contribution in [0.5, 0.6) is 0 Å².